The number of rotatable bonds is 5. The summed E-state index contributed by atoms with van der Waals surface area (Å²) in [4.78, 5) is 17.2. The molecule has 0 unspecified atom stereocenters. The highest BCUT2D eigenvalue weighted by atomic mass is 19.1. The molecule has 0 aliphatic carbocycles. The lowest BCUT2D eigenvalue weighted by molar-refractivity contribution is 0.00820. The predicted octanol–water partition coefficient (Wildman–Crippen LogP) is 3.83. The van der Waals surface area contributed by atoms with Gasteiger partial charge in [-0.1, -0.05) is 30.3 Å². The van der Waals surface area contributed by atoms with Crippen LogP contribution < -0.4 is 10.8 Å². The second-order valence-corrected chi connectivity index (χ2v) is 5.34. The van der Waals surface area contributed by atoms with Gasteiger partial charge in [-0.05, 0) is 36.8 Å². The molecule has 0 saturated carbocycles. The minimum atomic E-state index is -0.589. The number of hydroxylamine groups is 1. The van der Waals surface area contributed by atoms with Gasteiger partial charge in [0.1, 0.15) is 11.8 Å². The first-order valence-corrected chi connectivity index (χ1v) is 7.70. The van der Waals surface area contributed by atoms with Crippen LogP contribution in [0.2, 0.25) is 0 Å². The van der Waals surface area contributed by atoms with E-state index in [0.717, 1.165) is 5.56 Å². The number of benzene rings is 2. The molecule has 0 saturated heterocycles. The summed E-state index contributed by atoms with van der Waals surface area (Å²) in [5, 5.41) is 6.49. The van der Waals surface area contributed by atoms with E-state index in [1.54, 1.807) is 24.5 Å². The molecule has 3 rings (SSSR count). The van der Waals surface area contributed by atoms with Gasteiger partial charge in [-0.3, -0.25) is 4.84 Å². The Morgan fingerprint density at radius 1 is 1.20 bits per heavy atom. The van der Waals surface area contributed by atoms with Crippen molar-refractivity contribution in [1.29, 1.82) is 0 Å². The lowest BCUT2D eigenvalue weighted by Crippen LogP contribution is -2.30. The summed E-state index contributed by atoms with van der Waals surface area (Å²) in [6.07, 6.45) is 2.88. The van der Waals surface area contributed by atoms with Crippen molar-refractivity contribution in [3.63, 3.8) is 0 Å². The smallest absolute Gasteiger partial charge is 0.306 e. The Hall–Kier alpha value is -3.19. The van der Waals surface area contributed by atoms with Gasteiger partial charge in [0.2, 0.25) is 0 Å². The van der Waals surface area contributed by atoms with Gasteiger partial charge in [0, 0.05) is 18.1 Å². The largest absolute Gasteiger partial charge is 0.343 e. The molecule has 0 spiro atoms. The third kappa shape index (κ3) is 4.21. The Morgan fingerprint density at radius 3 is 2.68 bits per heavy atom. The molecule has 2 aromatic carbocycles. The van der Waals surface area contributed by atoms with Gasteiger partial charge >= 0.3 is 6.03 Å². The van der Waals surface area contributed by atoms with E-state index in [9.17, 15) is 9.18 Å². The lowest BCUT2D eigenvalue weighted by atomic mass is 10.1. The fourth-order valence-electron chi connectivity index (χ4n) is 2.27. The number of nitrogens with one attached hydrogen (secondary N) is 2. The van der Waals surface area contributed by atoms with Crippen molar-refractivity contribution in [2.24, 2.45) is 0 Å². The van der Waals surface area contributed by atoms with Crippen molar-refractivity contribution < 1.29 is 14.0 Å². The first-order chi connectivity index (χ1) is 12.1. The van der Waals surface area contributed by atoms with E-state index in [1.807, 2.05) is 37.3 Å². The van der Waals surface area contributed by atoms with Crippen LogP contribution in [0.25, 0.3) is 5.69 Å². The molecule has 128 valence electrons. The number of carbonyl (C=O) groups is 1. The zero-order chi connectivity index (χ0) is 17.6. The Bertz CT molecular complexity index is 838. The molecular weight excluding hydrogens is 323 g/mol. The molecule has 0 aliphatic heterocycles. The molecule has 1 aromatic heterocycles. The van der Waals surface area contributed by atoms with E-state index >= 15 is 0 Å². The highest BCUT2D eigenvalue weighted by molar-refractivity contribution is 5.88. The third-order valence-corrected chi connectivity index (χ3v) is 3.55. The minimum Gasteiger partial charge on any atom is -0.306 e. The van der Waals surface area contributed by atoms with Crippen LogP contribution in [0.15, 0.2) is 67.0 Å². The quantitative estimate of drug-likeness (QED) is 0.694. The van der Waals surface area contributed by atoms with Crippen LogP contribution in [0.1, 0.15) is 18.6 Å². The molecule has 3 aromatic rings. The number of amides is 2. The number of urea groups is 1. The van der Waals surface area contributed by atoms with Crippen molar-refractivity contribution in [1.82, 2.24) is 15.3 Å². The maximum Gasteiger partial charge on any atom is 0.343 e. The van der Waals surface area contributed by atoms with Crippen molar-refractivity contribution in [2.75, 3.05) is 5.32 Å². The summed E-state index contributed by atoms with van der Waals surface area (Å²) < 4.78 is 15.5. The Morgan fingerprint density at radius 2 is 2.00 bits per heavy atom. The Kier molecular flexibility index (Phi) is 5.06. The van der Waals surface area contributed by atoms with Crippen molar-refractivity contribution in [2.45, 2.75) is 13.0 Å². The van der Waals surface area contributed by atoms with Gasteiger partial charge in [-0.15, -0.1) is 0 Å². The van der Waals surface area contributed by atoms with Gasteiger partial charge in [0.15, 0.2) is 5.82 Å². The second-order valence-electron chi connectivity index (χ2n) is 5.34. The van der Waals surface area contributed by atoms with Crippen LogP contribution in [-0.4, -0.2) is 15.8 Å². The summed E-state index contributed by atoms with van der Waals surface area (Å²) in [7, 11) is 0. The van der Waals surface area contributed by atoms with Crippen molar-refractivity contribution >= 4 is 11.7 Å². The van der Waals surface area contributed by atoms with Gasteiger partial charge in [-0.25, -0.2) is 19.3 Å². The molecule has 0 fully saturated rings. The number of anilines is 1. The molecular formula is C18H17FN4O2. The van der Waals surface area contributed by atoms with Crippen LogP contribution in [-0.2, 0) is 4.84 Å². The molecule has 25 heavy (non-hydrogen) atoms. The highest BCUT2D eigenvalue weighted by Gasteiger charge is 2.10. The predicted molar refractivity (Wildman–Crippen MR) is 91.6 cm³/mol. The number of carbonyl (C=O) groups excluding carboxylic acids is 1. The molecule has 0 radical (unpaired) electrons. The molecule has 7 heteroatoms. The molecule has 0 bridgehead atoms. The topological polar surface area (TPSA) is 68.2 Å². The average molecular weight is 340 g/mol. The summed E-state index contributed by atoms with van der Waals surface area (Å²) in [5.74, 6) is -0.500. The van der Waals surface area contributed by atoms with E-state index in [2.05, 4.69) is 15.9 Å². The zero-order valence-corrected chi connectivity index (χ0v) is 13.5. The zero-order valence-electron chi connectivity index (χ0n) is 13.5. The highest BCUT2D eigenvalue weighted by Crippen LogP contribution is 2.18. The second kappa shape index (κ2) is 7.59. The molecule has 0 aliphatic rings. The summed E-state index contributed by atoms with van der Waals surface area (Å²) in [5.41, 5.74) is 3.83. The fraction of sp³-hybridized carbons (Fsp3) is 0.111. The first-order valence-electron chi connectivity index (χ1n) is 7.70. The SMILES string of the molecule is C[C@@H](ONC(=O)Nc1ccc(-n2cccn2)c(F)c1)c1ccccc1. The number of hydrogen-bond acceptors (Lipinski definition) is 3. The lowest BCUT2D eigenvalue weighted by Gasteiger charge is -2.14. The van der Waals surface area contributed by atoms with Crippen molar-refractivity contribution in [3.05, 3.63) is 78.4 Å². The normalized spacial score (nSPS) is 11.8. The average Bonchev–Trinajstić information content (AvgIpc) is 3.15. The van der Waals surface area contributed by atoms with Crippen LogP contribution >= 0.6 is 0 Å². The third-order valence-electron chi connectivity index (χ3n) is 3.55. The van der Waals surface area contributed by atoms with E-state index in [0.29, 0.717) is 11.4 Å². The minimum absolute atomic E-state index is 0.296. The van der Waals surface area contributed by atoms with Gasteiger partial charge in [-0.2, -0.15) is 5.10 Å². The maximum atomic E-state index is 14.1. The monoisotopic (exact) mass is 340 g/mol. The van der Waals surface area contributed by atoms with Crippen molar-refractivity contribution in [3.8, 4) is 5.69 Å². The molecule has 6 nitrogen and oxygen atoms in total. The van der Waals surface area contributed by atoms with Crippen LogP contribution in [0, 0.1) is 5.82 Å². The standard InChI is InChI=1S/C18H17FN4O2/c1-13(14-6-3-2-4-7-14)25-22-18(24)21-15-8-9-17(16(19)12-15)23-11-5-10-20-23/h2-13H,1H3,(H2,21,22,24)/t13-/m1/s1. The summed E-state index contributed by atoms with van der Waals surface area (Å²) in [6.45, 7) is 1.81. The van der Waals surface area contributed by atoms with Gasteiger partial charge in [0.25, 0.3) is 0 Å². The van der Waals surface area contributed by atoms with E-state index < -0.39 is 11.8 Å². The van der Waals surface area contributed by atoms with E-state index in [4.69, 9.17) is 4.84 Å². The van der Waals surface area contributed by atoms with Crippen LogP contribution in [0.3, 0.4) is 0 Å². The van der Waals surface area contributed by atoms with Crippen LogP contribution in [0.4, 0.5) is 14.9 Å². The summed E-state index contributed by atoms with van der Waals surface area (Å²) >= 11 is 0. The maximum absolute atomic E-state index is 14.1. The Labute approximate surface area is 144 Å². The number of halogens is 1. The van der Waals surface area contributed by atoms with E-state index in [1.165, 1.54) is 16.8 Å². The Balaban J connectivity index is 1.57. The molecule has 2 amide bonds. The molecule has 1 heterocycles. The number of hydrogen-bond donors (Lipinski definition) is 2. The van der Waals surface area contributed by atoms with Gasteiger partial charge < -0.3 is 5.32 Å². The molecule has 2 N–H and O–H groups in total. The van der Waals surface area contributed by atoms with Crippen LogP contribution in [0.5, 0.6) is 0 Å². The van der Waals surface area contributed by atoms with E-state index in [-0.39, 0.29) is 6.10 Å². The number of aromatic nitrogens is 2. The first kappa shape index (κ1) is 16.7. The fourth-order valence-corrected chi connectivity index (χ4v) is 2.27. The summed E-state index contributed by atoms with van der Waals surface area (Å²) in [6, 6.07) is 14.9. The van der Waals surface area contributed by atoms with Gasteiger partial charge in [0.05, 0.1) is 0 Å². The molecule has 1 atom stereocenters. The number of nitrogens with zero attached hydrogens (tertiary/aromatic N) is 2.